The molecule has 6 rings (SSSR count). The zero-order valence-corrected chi connectivity index (χ0v) is 29.9. The Balaban J connectivity index is 1.17. The Hall–Kier alpha value is -4.74. The second kappa shape index (κ2) is 13.2. The van der Waals surface area contributed by atoms with Crippen LogP contribution in [0.5, 0.6) is 0 Å². The number of carbonyl (C=O) groups is 2. The average molecular weight is 689 g/mol. The number of amides is 2. The Morgan fingerprint density at radius 2 is 1.14 bits per heavy atom. The number of rotatable bonds is 5. The highest BCUT2D eigenvalue weighted by molar-refractivity contribution is 5.73. The van der Waals surface area contributed by atoms with Crippen LogP contribution in [0, 0.1) is 17.8 Å². The zero-order valence-electron chi connectivity index (χ0n) is 29.9. The predicted molar refractivity (Wildman–Crippen MR) is 186 cm³/mol. The highest BCUT2D eigenvalue weighted by Gasteiger charge is 2.41. The third-order valence-electron chi connectivity index (χ3n) is 9.05. The van der Waals surface area contributed by atoms with Gasteiger partial charge in [0.15, 0.2) is 0 Å². The van der Waals surface area contributed by atoms with Crippen molar-refractivity contribution in [1.82, 2.24) is 29.7 Å². The molecule has 4 aromatic rings. The van der Waals surface area contributed by atoms with Crippen LogP contribution in [0.1, 0.15) is 98.4 Å². The standard InChI is InChI=1S/C38H46F2N6O4/c1-21-19-28(45(20-21)35(47)49-37(3,4)5)34-42-30(32(40)44-34)26-16-12-24(13-17-26)23-10-14-25(15-11-23)29-31(39)43-33(41-29)27-18-9-22(2)46(27)36(48)50-38(6,7)8/h10-17,21-22,27-28H,9,18-20H2,1-8H3,(H,41,43)(H,42,44). The molecule has 12 heteroatoms. The number of imidazole rings is 2. The van der Waals surface area contributed by atoms with Crippen LogP contribution in [0.4, 0.5) is 18.4 Å². The first-order chi connectivity index (χ1) is 23.5. The lowest BCUT2D eigenvalue weighted by atomic mass is 10.0. The van der Waals surface area contributed by atoms with Gasteiger partial charge in [-0.25, -0.2) is 19.6 Å². The second-order valence-corrected chi connectivity index (χ2v) is 15.5. The molecule has 2 aliphatic rings. The summed E-state index contributed by atoms with van der Waals surface area (Å²) in [4.78, 5) is 43.9. The van der Waals surface area contributed by atoms with Crippen molar-refractivity contribution in [3.63, 3.8) is 0 Å². The lowest BCUT2D eigenvalue weighted by Crippen LogP contribution is -2.40. The van der Waals surface area contributed by atoms with E-state index in [4.69, 9.17) is 9.47 Å². The van der Waals surface area contributed by atoms with Gasteiger partial charge in [-0.1, -0.05) is 55.5 Å². The van der Waals surface area contributed by atoms with E-state index < -0.39 is 47.4 Å². The van der Waals surface area contributed by atoms with Gasteiger partial charge in [-0.2, -0.15) is 8.78 Å². The number of benzene rings is 2. The highest BCUT2D eigenvalue weighted by Crippen LogP contribution is 2.39. The lowest BCUT2D eigenvalue weighted by molar-refractivity contribution is 0.0149. The van der Waals surface area contributed by atoms with E-state index in [2.05, 4.69) is 19.9 Å². The maximum Gasteiger partial charge on any atom is 0.411 e. The summed E-state index contributed by atoms with van der Waals surface area (Å²) in [6, 6.07) is 13.8. The summed E-state index contributed by atoms with van der Waals surface area (Å²) in [5.41, 5.74) is 2.01. The lowest BCUT2D eigenvalue weighted by Gasteiger charge is -2.30. The quantitative estimate of drug-likeness (QED) is 0.216. The Morgan fingerprint density at radius 3 is 1.62 bits per heavy atom. The van der Waals surface area contributed by atoms with Crippen LogP contribution in [0.3, 0.4) is 0 Å². The maximum atomic E-state index is 15.2. The molecule has 2 aromatic carbocycles. The van der Waals surface area contributed by atoms with Gasteiger partial charge in [0.2, 0.25) is 11.9 Å². The molecule has 10 nitrogen and oxygen atoms in total. The number of nitrogens with zero attached hydrogens (tertiary/aromatic N) is 4. The first kappa shape index (κ1) is 35.1. The van der Waals surface area contributed by atoms with E-state index in [0.29, 0.717) is 42.2 Å². The molecule has 2 N–H and O–H groups in total. The minimum Gasteiger partial charge on any atom is -0.444 e. The van der Waals surface area contributed by atoms with Crippen molar-refractivity contribution in [1.29, 1.82) is 0 Å². The summed E-state index contributed by atoms with van der Waals surface area (Å²) in [6.45, 7) is 15.4. The molecular formula is C38H46F2N6O4. The number of halogens is 2. The third-order valence-corrected chi connectivity index (χ3v) is 9.05. The number of carbonyl (C=O) groups excluding carboxylic acids is 2. The molecule has 2 saturated heterocycles. The normalized spacial score (nSPS) is 21.2. The van der Waals surface area contributed by atoms with Crippen LogP contribution in [0.15, 0.2) is 48.5 Å². The molecule has 2 amide bonds. The molecule has 266 valence electrons. The number of likely N-dealkylation sites (tertiary alicyclic amines) is 2. The number of aromatic nitrogens is 4. The van der Waals surface area contributed by atoms with E-state index in [1.807, 2.05) is 79.7 Å². The van der Waals surface area contributed by atoms with Gasteiger partial charge in [0, 0.05) is 23.7 Å². The summed E-state index contributed by atoms with van der Waals surface area (Å²) in [7, 11) is 0. The van der Waals surface area contributed by atoms with E-state index in [1.54, 1.807) is 34.1 Å². The number of hydrogen-bond acceptors (Lipinski definition) is 6. The summed E-state index contributed by atoms with van der Waals surface area (Å²) in [5, 5.41) is 0. The number of aromatic amines is 2. The molecule has 50 heavy (non-hydrogen) atoms. The van der Waals surface area contributed by atoms with E-state index in [-0.39, 0.29) is 23.3 Å². The number of hydrogen-bond donors (Lipinski definition) is 2. The van der Waals surface area contributed by atoms with E-state index >= 15 is 8.78 Å². The van der Waals surface area contributed by atoms with Crippen LogP contribution < -0.4 is 0 Å². The number of H-pyrrole nitrogens is 2. The summed E-state index contributed by atoms with van der Waals surface area (Å²) in [5.74, 6) is -0.140. The largest absolute Gasteiger partial charge is 0.444 e. The maximum absolute atomic E-state index is 15.2. The van der Waals surface area contributed by atoms with Gasteiger partial charge in [0.1, 0.15) is 34.2 Å². The number of nitrogens with one attached hydrogen (secondary N) is 2. The minimum atomic E-state index is -0.648. The van der Waals surface area contributed by atoms with Gasteiger partial charge >= 0.3 is 12.2 Å². The molecule has 0 aliphatic carbocycles. The zero-order chi connectivity index (χ0) is 36.1. The van der Waals surface area contributed by atoms with Gasteiger partial charge in [-0.15, -0.1) is 0 Å². The second-order valence-electron chi connectivity index (χ2n) is 15.5. The molecule has 2 aromatic heterocycles. The van der Waals surface area contributed by atoms with Gasteiger partial charge in [-0.3, -0.25) is 9.80 Å². The fourth-order valence-corrected chi connectivity index (χ4v) is 6.78. The average Bonchev–Trinajstić information content (AvgIpc) is 3.80. The Morgan fingerprint density at radius 1 is 0.700 bits per heavy atom. The van der Waals surface area contributed by atoms with E-state index in [0.717, 1.165) is 17.5 Å². The molecule has 0 radical (unpaired) electrons. The van der Waals surface area contributed by atoms with Crippen molar-refractivity contribution in [3.05, 3.63) is 72.1 Å². The van der Waals surface area contributed by atoms with Crippen molar-refractivity contribution in [3.8, 4) is 33.6 Å². The molecule has 2 aliphatic heterocycles. The van der Waals surface area contributed by atoms with Gasteiger partial charge in [0.05, 0.1) is 12.1 Å². The minimum absolute atomic E-state index is 0.0608. The fraction of sp³-hybridized carbons (Fsp3) is 0.474. The Kier molecular flexibility index (Phi) is 9.26. The van der Waals surface area contributed by atoms with Crippen LogP contribution in [0.25, 0.3) is 33.6 Å². The molecule has 2 fully saturated rings. The predicted octanol–water partition coefficient (Wildman–Crippen LogP) is 9.19. The van der Waals surface area contributed by atoms with Crippen molar-refractivity contribution in [2.45, 2.75) is 104 Å². The highest BCUT2D eigenvalue weighted by atomic mass is 19.1. The molecule has 4 atom stereocenters. The molecule has 0 spiro atoms. The molecular weight excluding hydrogens is 642 g/mol. The van der Waals surface area contributed by atoms with Crippen LogP contribution in [0.2, 0.25) is 0 Å². The first-order valence-corrected chi connectivity index (χ1v) is 17.2. The van der Waals surface area contributed by atoms with E-state index in [1.165, 1.54) is 0 Å². The summed E-state index contributed by atoms with van der Waals surface area (Å²) in [6.07, 6.45) is 1.17. The van der Waals surface area contributed by atoms with Gasteiger partial charge in [0.25, 0.3) is 0 Å². The van der Waals surface area contributed by atoms with E-state index in [9.17, 15) is 9.59 Å². The molecule has 4 unspecified atom stereocenters. The summed E-state index contributed by atoms with van der Waals surface area (Å²) < 4.78 is 41.7. The third kappa shape index (κ3) is 7.39. The van der Waals surface area contributed by atoms with Crippen molar-refractivity contribution in [2.24, 2.45) is 5.92 Å². The SMILES string of the molecule is CC1CC(c2nc(-c3ccc(-c4ccc(-c5nc(C6CCC(C)N6C(=O)OC(C)(C)C)[nH]c5F)cc4)cc3)c(F)[nH]2)N(C(=O)OC(C)(C)C)C1. The monoisotopic (exact) mass is 688 g/mol. The van der Waals surface area contributed by atoms with Crippen molar-refractivity contribution >= 4 is 12.2 Å². The van der Waals surface area contributed by atoms with Crippen LogP contribution in [-0.2, 0) is 9.47 Å². The Labute approximate surface area is 291 Å². The van der Waals surface area contributed by atoms with Gasteiger partial charge < -0.3 is 19.4 Å². The smallest absolute Gasteiger partial charge is 0.411 e. The fourth-order valence-electron chi connectivity index (χ4n) is 6.78. The summed E-state index contributed by atoms with van der Waals surface area (Å²) >= 11 is 0. The van der Waals surface area contributed by atoms with Gasteiger partial charge in [-0.05, 0) is 84.8 Å². The van der Waals surface area contributed by atoms with Crippen molar-refractivity contribution < 1.29 is 27.8 Å². The first-order valence-electron chi connectivity index (χ1n) is 17.2. The van der Waals surface area contributed by atoms with Crippen LogP contribution in [-0.4, -0.2) is 65.7 Å². The Bertz CT molecular complexity index is 1770. The number of ether oxygens (including phenoxy) is 2. The van der Waals surface area contributed by atoms with Crippen LogP contribution >= 0.6 is 0 Å². The molecule has 4 heterocycles. The molecule has 0 bridgehead atoms. The molecule has 0 saturated carbocycles. The van der Waals surface area contributed by atoms with Crippen molar-refractivity contribution in [2.75, 3.05) is 6.54 Å². The topological polar surface area (TPSA) is 116 Å².